The lowest BCUT2D eigenvalue weighted by molar-refractivity contribution is -0.118. The summed E-state index contributed by atoms with van der Waals surface area (Å²) in [5.41, 5.74) is 1.12. The number of aromatic nitrogens is 3. The van der Waals surface area contributed by atoms with E-state index in [0.717, 1.165) is 11.6 Å². The lowest BCUT2D eigenvalue weighted by Gasteiger charge is -2.18. The number of fused-ring (bicyclic) bond motifs is 1. The fourth-order valence-corrected chi connectivity index (χ4v) is 3.72. The number of amides is 2. The monoisotopic (exact) mass is 435 g/mol. The zero-order valence-corrected chi connectivity index (χ0v) is 16.9. The van der Waals surface area contributed by atoms with Crippen molar-refractivity contribution in [1.29, 1.82) is 0 Å². The molecule has 1 aliphatic rings. The third-order valence-corrected chi connectivity index (χ3v) is 5.23. The Balaban J connectivity index is 1.52. The number of hydrogen-bond donors (Lipinski definition) is 3. The molecule has 2 heterocycles. The molecular weight excluding hydrogens is 416 g/mol. The van der Waals surface area contributed by atoms with Crippen LogP contribution in [0.25, 0.3) is 0 Å². The molecular formula is C23H19F2N5O2. The van der Waals surface area contributed by atoms with E-state index in [0.29, 0.717) is 18.3 Å². The van der Waals surface area contributed by atoms with Gasteiger partial charge in [0.2, 0.25) is 11.7 Å². The molecule has 7 nitrogen and oxygen atoms in total. The lowest BCUT2D eigenvalue weighted by atomic mass is 9.89. The van der Waals surface area contributed by atoms with Crippen molar-refractivity contribution in [2.45, 2.75) is 31.2 Å². The number of carbonyl (C=O) groups is 2. The maximum Gasteiger partial charge on any atom is 0.291 e. The Morgan fingerprint density at radius 1 is 1.25 bits per heavy atom. The first-order valence-electron chi connectivity index (χ1n) is 9.94. The largest absolute Gasteiger partial charge is 0.337 e. The fourth-order valence-electron chi connectivity index (χ4n) is 3.72. The number of benzene rings is 2. The van der Waals surface area contributed by atoms with Crippen LogP contribution in [0.1, 0.15) is 46.3 Å². The number of carbonyl (C=O) groups excluding carboxylic acids is 2. The SMILES string of the molecule is C#CC[C@H]1C[C@@H](NC(=O)c2n[nH]c(Cc3ccccc3)n2)C(=O)Nc2c(F)cc(F)cc21. The molecule has 0 saturated carbocycles. The van der Waals surface area contributed by atoms with E-state index < -0.39 is 35.4 Å². The van der Waals surface area contributed by atoms with Crippen molar-refractivity contribution in [2.75, 3.05) is 5.32 Å². The summed E-state index contributed by atoms with van der Waals surface area (Å²) >= 11 is 0. The quantitative estimate of drug-likeness (QED) is 0.537. The van der Waals surface area contributed by atoms with Gasteiger partial charge in [0.05, 0.1) is 5.69 Å². The van der Waals surface area contributed by atoms with Crippen molar-refractivity contribution in [1.82, 2.24) is 20.5 Å². The Morgan fingerprint density at radius 2 is 2.03 bits per heavy atom. The minimum atomic E-state index is -1.04. The maximum atomic E-state index is 14.3. The summed E-state index contributed by atoms with van der Waals surface area (Å²) in [6.07, 6.45) is 6.09. The van der Waals surface area contributed by atoms with Crippen molar-refractivity contribution >= 4 is 17.5 Å². The molecule has 162 valence electrons. The zero-order chi connectivity index (χ0) is 22.7. The Hall–Kier alpha value is -4.06. The van der Waals surface area contributed by atoms with Gasteiger partial charge in [-0.15, -0.1) is 17.4 Å². The molecule has 0 bridgehead atoms. The van der Waals surface area contributed by atoms with Crippen LogP contribution in [0.15, 0.2) is 42.5 Å². The molecule has 3 aromatic rings. The molecule has 0 radical (unpaired) electrons. The van der Waals surface area contributed by atoms with E-state index in [4.69, 9.17) is 6.42 Å². The van der Waals surface area contributed by atoms with E-state index in [1.165, 1.54) is 0 Å². The third-order valence-electron chi connectivity index (χ3n) is 5.23. The predicted octanol–water partition coefficient (Wildman–Crippen LogP) is 2.92. The minimum Gasteiger partial charge on any atom is -0.337 e. The fraction of sp³-hybridized carbons (Fsp3) is 0.217. The topological polar surface area (TPSA) is 99.8 Å². The number of nitrogens with one attached hydrogen (secondary N) is 3. The highest BCUT2D eigenvalue weighted by atomic mass is 19.1. The van der Waals surface area contributed by atoms with Crippen LogP contribution >= 0.6 is 0 Å². The van der Waals surface area contributed by atoms with E-state index >= 15 is 0 Å². The smallest absolute Gasteiger partial charge is 0.291 e. The summed E-state index contributed by atoms with van der Waals surface area (Å²) in [5.74, 6) is -0.688. The average Bonchev–Trinajstić information content (AvgIpc) is 3.19. The van der Waals surface area contributed by atoms with Crippen LogP contribution in [-0.4, -0.2) is 33.0 Å². The summed E-state index contributed by atoms with van der Waals surface area (Å²) in [6, 6.07) is 10.3. The molecule has 0 spiro atoms. The van der Waals surface area contributed by atoms with Crippen molar-refractivity contribution in [3.63, 3.8) is 0 Å². The first kappa shape index (κ1) is 21.2. The first-order valence-corrected chi connectivity index (χ1v) is 9.94. The number of anilines is 1. The summed E-state index contributed by atoms with van der Waals surface area (Å²) in [6.45, 7) is 0. The van der Waals surface area contributed by atoms with Crippen LogP contribution in [0, 0.1) is 24.0 Å². The van der Waals surface area contributed by atoms with Crippen molar-refractivity contribution < 1.29 is 18.4 Å². The van der Waals surface area contributed by atoms with Gasteiger partial charge in [-0.05, 0) is 29.5 Å². The molecule has 1 aliphatic heterocycles. The van der Waals surface area contributed by atoms with Crippen LogP contribution in [0.4, 0.5) is 14.5 Å². The van der Waals surface area contributed by atoms with Crippen LogP contribution in [0.3, 0.4) is 0 Å². The van der Waals surface area contributed by atoms with E-state index in [9.17, 15) is 18.4 Å². The van der Waals surface area contributed by atoms with Gasteiger partial charge in [-0.25, -0.2) is 13.8 Å². The molecule has 0 aliphatic carbocycles. The van der Waals surface area contributed by atoms with Crippen molar-refractivity contribution in [3.05, 3.63) is 76.9 Å². The zero-order valence-electron chi connectivity index (χ0n) is 16.9. The van der Waals surface area contributed by atoms with Gasteiger partial charge >= 0.3 is 0 Å². The summed E-state index contributed by atoms with van der Waals surface area (Å²) in [5, 5.41) is 11.7. The molecule has 1 aromatic heterocycles. The highest BCUT2D eigenvalue weighted by Gasteiger charge is 2.33. The number of H-pyrrole nitrogens is 1. The standard InChI is InChI=1S/C23H19F2N5O2/c1-2-6-14-10-18(22(31)28-20-16(14)11-15(24)12-17(20)25)26-23(32)21-27-19(29-30-21)9-13-7-4-3-5-8-13/h1,3-5,7-8,11-12,14,18H,6,9-10H2,(H,26,32)(H,28,31)(H,27,29,30)/t14-,18+/m0/s1. The minimum absolute atomic E-state index is 0.0684. The second-order valence-corrected chi connectivity index (χ2v) is 7.48. The number of aromatic amines is 1. The van der Waals surface area contributed by atoms with E-state index in [1.807, 2.05) is 30.3 Å². The normalized spacial score (nSPS) is 17.6. The van der Waals surface area contributed by atoms with Crippen LogP contribution in [0.2, 0.25) is 0 Å². The second kappa shape index (κ2) is 8.98. The second-order valence-electron chi connectivity index (χ2n) is 7.48. The average molecular weight is 435 g/mol. The number of rotatable bonds is 5. The molecule has 2 aromatic carbocycles. The van der Waals surface area contributed by atoms with Gasteiger partial charge < -0.3 is 10.6 Å². The van der Waals surface area contributed by atoms with Gasteiger partial charge in [-0.3, -0.25) is 14.7 Å². The van der Waals surface area contributed by atoms with E-state index in [1.54, 1.807) is 0 Å². The first-order chi connectivity index (χ1) is 15.4. The van der Waals surface area contributed by atoms with Crippen molar-refractivity contribution in [2.24, 2.45) is 0 Å². The molecule has 0 fully saturated rings. The Kier molecular flexibility index (Phi) is 5.94. The molecule has 0 unspecified atom stereocenters. The molecule has 9 heteroatoms. The third kappa shape index (κ3) is 4.49. The number of nitrogens with zero attached hydrogens (tertiary/aromatic N) is 2. The van der Waals surface area contributed by atoms with Gasteiger partial charge in [0.25, 0.3) is 5.91 Å². The molecule has 4 rings (SSSR count). The van der Waals surface area contributed by atoms with Gasteiger partial charge in [0, 0.05) is 18.9 Å². The van der Waals surface area contributed by atoms with Gasteiger partial charge in [-0.1, -0.05) is 30.3 Å². The number of hydrogen-bond acceptors (Lipinski definition) is 4. The van der Waals surface area contributed by atoms with E-state index in [-0.39, 0.29) is 29.9 Å². The van der Waals surface area contributed by atoms with Gasteiger partial charge in [0.1, 0.15) is 23.5 Å². The van der Waals surface area contributed by atoms with Crippen LogP contribution in [-0.2, 0) is 11.2 Å². The highest BCUT2D eigenvalue weighted by molar-refractivity contribution is 6.01. The summed E-state index contributed by atoms with van der Waals surface area (Å²) in [7, 11) is 0. The number of halogens is 2. The summed E-state index contributed by atoms with van der Waals surface area (Å²) < 4.78 is 28.1. The predicted molar refractivity (Wildman–Crippen MR) is 113 cm³/mol. The van der Waals surface area contributed by atoms with E-state index in [2.05, 4.69) is 31.7 Å². The molecule has 32 heavy (non-hydrogen) atoms. The number of terminal acetylenes is 1. The highest BCUT2D eigenvalue weighted by Crippen LogP contribution is 2.36. The molecule has 0 saturated heterocycles. The Morgan fingerprint density at radius 3 is 2.78 bits per heavy atom. The summed E-state index contributed by atoms with van der Waals surface area (Å²) in [4.78, 5) is 29.6. The molecule has 3 N–H and O–H groups in total. The Labute approximate surface area is 182 Å². The van der Waals surface area contributed by atoms with Gasteiger partial charge in [0.15, 0.2) is 0 Å². The van der Waals surface area contributed by atoms with Crippen molar-refractivity contribution in [3.8, 4) is 12.3 Å². The Bertz CT molecular complexity index is 1200. The van der Waals surface area contributed by atoms with Gasteiger partial charge in [-0.2, -0.15) is 0 Å². The van der Waals surface area contributed by atoms with Crippen LogP contribution < -0.4 is 10.6 Å². The maximum absolute atomic E-state index is 14.3. The molecule has 2 amide bonds. The molecule has 2 atom stereocenters. The lowest BCUT2D eigenvalue weighted by Crippen LogP contribution is -2.44. The van der Waals surface area contributed by atoms with Crippen LogP contribution in [0.5, 0.6) is 0 Å².